The van der Waals surface area contributed by atoms with Gasteiger partial charge in [-0.3, -0.25) is 0 Å². The Hall–Kier alpha value is -0.0800. The molecule has 1 N–H and O–H groups in total. The van der Waals surface area contributed by atoms with Gasteiger partial charge in [0, 0.05) is 11.8 Å². The van der Waals surface area contributed by atoms with Crippen molar-refractivity contribution in [2.45, 2.75) is 24.7 Å². The Kier molecular flexibility index (Phi) is 0.592. The molecule has 0 amide bonds. The molecule has 0 radical (unpaired) electrons. The van der Waals surface area contributed by atoms with E-state index in [1.807, 2.05) is 0 Å². The molecule has 5 saturated carbocycles. The summed E-state index contributed by atoms with van der Waals surface area (Å²) in [6, 6.07) is 0. The van der Waals surface area contributed by atoms with Gasteiger partial charge in [-0.1, -0.05) is 0 Å². The zero-order valence-corrected chi connectivity index (χ0v) is 8.18. The van der Waals surface area contributed by atoms with Gasteiger partial charge >= 0.3 is 0 Å². The molecule has 0 aromatic carbocycles. The zero-order chi connectivity index (χ0) is 9.03. The van der Waals surface area contributed by atoms with Crippen LogP contribution in [0.4, 0.5) is 0 Å². The first-order chi connectivity index (χ1) is 6.68. The molecule has 14 heavy (non-hydrogen) atoms. The fourth-order valence-corrected chi connectivity index (χ4v) is 7.54. The Morgan fingerprint density at radius 2 is 1.79 bits per heavy atom. The predicted molar refractivity (Wildman–Crippen MR) is 47.0 cm³/mol. The summed E-state index contributed by atoms with van der Waals surface area (Å²) in [7, 11) is 0. The quantitative estimate of drug-likeness (QED) is 0.613. The Bertz CT molecular complexity index is 367. The fraction of sp³-hybridized carbons (Fsp3) is 1.00. The van der Waals surface area contributed by atoms with E-state index in [1.165, 1.54) is 6.42 Å². The van der Waals surface area contributed by atoms with Crippen LogP contribution in [0.1, 0.15) is 13.3 Å². The number of ether oxygens (including phenoxy) is 1. The lowest BCUT2D eigenvalue weighted by atomic mass is 9.57. The Morgan fingerprint density at radius 1 is 1.07 bits per heavy atom. The molecule has 2 saturated heterocycles. The third-order valence-electron chi connectivity index (χ3n) is 7.17. The van der Waals surface area contributed by atoms with Gasteiger partial charge in [0.2, 0.25) is 0 Å². The van der Waals surface area contributed by atoms with Crippen molar-refractivity contribution < 1.29 is 9.84 Å². The van der Waals surface area contributed by atoms with Crippen molar-refractivity contribution in [2.24, 2.45) is 47.3 Å². The molecule has 0 unspecified atom stereocenters. The van der Waals surface area contributed by atoms with E-state index in [-0.39, 0.29) is 5.60 Å². The second-order valence-corrected chi connectivity index (χ2v) is 6.86. The highest BCUT2D eigenvalue weighted by molar-refractivity contribution is 5.40. The van der Waals surface area contributed by atoms with Crippen molar-refractivity contribution in [1.82, 2.24) is 0 Å². The van der Waals surface area contributed by atoms with Gasteiger partial charge in [-0.25, -0.2) is 0 Å². The van der Waals surface area contributed by atoms with Gasteiger partial charge in [-0.15, -0.1) is 0 Å². The Balaban J connectivity index is 1.83. The fourth-order valence-electron chi connectivity index (χ4n) is 7.54. The topological polar surface area (TPSA) is 29.5 Å². The number of rotatable bonds is 0. The van der Waals surface area contributed by atoms with Gasteiger partial charge in [-0.05, 0) is 48.9 Å². The maximum atomic E-state index is 10.7. The van der Waals surface area contributed by atoms with Crippen LogP contribution in [0, 0.1) is 47.3 Å². The van der Waals surface area contributed by atoms with Crippen LogP contribution in [0.25, 0.3) is 0 Å². The molecule has 5 aliphatic carbocycles. The lowest BCUT2D eigenvalue weighted by Crippen LogP contribution is -2.50. The molecule has 10 atom stereocenters. The SMILES string of the molecule is C[C@@]12O[C@@]3(O)[C@@H]4[C@H]5[C@@H]6C[C@H]([C@H]5[C@H]41)[C@H]2[C@H]63. The molecule has 2 nitrogen and oxygen atoms in total. The van der Waals surface area contributed by atoms with E-state index in [2.05, 4.69) is 6.92 Å². The van der Waals surface area contributed by atoms with Crippen molar-refractivity contribution in [3.63, 3.8) is 0 Å². The highest BCUT2D eigenvalue weighted by Crippen LogP contribution is 2.92. The van der Waals surface area contributed by atoms with E-state index in [9.17, 15) is 5.11 Å². The second-order valence-electron chi connectivity index (χ2n) is 6.86. The first kappa shape index (κ1) is 6.49. The summed E-state index contributed by atoms with van der Waals surface area (Å²) in [5.74, 6) is 5.57. The molecule has 2 aliphatic heterocycles. The number of hydrogen-bond acceptors (Lipinski definition) is 2. The van der Waals surface area contributed by atoms with Crippen LogP contribution in [-0.4, -0.2) is 16.5 Å². The summed E-state index contributed by atoms with van der Waals surface area (Å²) >= 11 is 0. The number of hydrogen-bond donors (Lipinski definition) is 1. The van der Waals surface area contributed by atoms with E-state index in [0.717, 1.165) is 35.5 Å². The smallest absolute Gasteiger partial charge is 0.173 e. The van der Waals surface area contributed by atoms with Gasteiger partial charge in [0.1, 0.15) is 0 Å². The van der Waals surface area contributed by atoms with Gasteiger partial charge in [0.05, 0.1) is 5.60 Å². The van der Waals surface area contributed by atoms with Crippen LogP contribution in [0.3, 0.4) is 0 Å². The lowest BCUT2D eigenvalue weighted by Gasteiger charge is -2.45. The summed E-state index contributed by atoms with van der Waals surface area (Å²) in [6.07, 6.45) is 1.43. The monoisotopic (exact) mass is 190 g/mol. The standard InChI is InChI=1S/C12H14O2/c1-11-7-3-2-4-6-5(3)9(11)10(6)12(13,14-11)8(4)7/h3-10,13H,2H2,1H3/t3-,4+,5-,6+,7+,8+,9-,10-,11+,12-/m1/s1. The van der Waals surface area contributed by atoms with Crippen LogP contribution in [0.2, 0.25) is 0 Å². The Morgan fingerprint density at radius 3 is 2.64 bits per heavy atom. The molecule has 0 aromatic rings. The first-order valence-corrected chi connectivity index (χ1v) is 6.10. The van der Waals surface area contributed by atoms with Gasteiger partial charge in [0.15, 0.2) is 5.79 Å². The van der Waals surface area contributed by atoms with Crippen LogP contribution >= 0.6 is 0 Å². The highest BCUT2D eigenvalue weighted by atomic mass is 16.7. The molecule has 7 fully saturated rings. The minimum absolute atomic E-state index is 0.0984. The van der Waals surface area contributed by atoms with Crippen LogP contribution in [-0.2, 0) is 4.74 Å². The first-order valence-electron chi connectivity index (χ1n) is 6.10. The average Bonchev–Trinajstić information content (AvgIpc) is 2.60. The van der Waals surface area contributed by atoms with Crippen molar-refractivity contribution in [2.75, 3.05) is 0 Å². The molecule has 2 heterocycles. The third kappa shape index (κ3) is 0.291. The normalized spacial score (nSPS) is 93.0. The van der Waals surface area contributed by atoms with Crippen molar-refractivity contribution in [3.8, 4) is 0 Å². The van der Waals surface area contributed by atoms with Crippen molar-refractivity contribution in [3.05, 3.63) is 0 Å². The zero-order valence-electron chi connectivity index (χ0n) is 8.18. The minimum atomic E-state index is -0.652. The maximum Gasteiger partial charge on any atom is 0.173 e. The maximum absolute atomic E-state index is 10.7. The van der Waals surface area contributed by atoms with E-state index < -0.39 is 5.79 Å². The molecule has 2 heteroatoms. The van der Waals surface area contributed by atoms with E-state index in [1.54, 1.807) is 0 Å². The minimum Gasteiger partial charge on any atom is -0.365 e. The van der Waals surface area contributed by atoms with Gasteiger partial charge in [-0.2, -0.15) is 0 Å². The van der Waals surface area contributed by atoms with Crippen LogP contribution < -0.4 is 0 Å². The second kappa shape index (κ2) is 1.28. The molecule has 4 bridgehead atoms. The molecule has 74 valence electrons. The summed E-state index contributed by atoms with van der Waals surface area (Å²) in [4.78, 5) is 0. The average molecular weight is 190 g/mol. The van der Waals surface area contributed by atoms with Crippen LogP contribution in [0.5, 0.6) is 0 Å². The van der Waals surface area contributed by atoms with Gasteiger partial charge in [0.25, 0.3) is 0 Å². The predicted octanol–water partition coefficient (Wildman–Crippen LogP) is 0.852. The molecular formula is C12H14O2. The molecular weight excluding hydrogens is 176 g/mol. The van der Waals surface area contributed by atoms with E-state index in [0.29, 0.717) is 11.8 Å². The van der Waals surface area contributed by atoms with Crippen molar-refractivity contribution >= 4 is 0 Å². The summed E-state index contributed by atoms with van der Waals surface area (Å²) in [5, 5.41) is 10.7. The molecule has 7 rings (SSSR count). The van der Waals surface area contributed by atoms with Crippen molar-refractivity contribution in [1.29, 1.82) is 0 Å². The van der Waals surface area contributed by atoms with Crippen LogP contribution in [0.15, 0.2) is 0 Å². The lowest BCUT2D eigenvalue weighted by molar-refractivity contribution is -0.208. The Labute approximate surface area is 82.6 Å². The van der Waals surface area contributed by atoms with E-state index in [4.69, 9.17) is 4.74 Å². The molecule has 0 spiro atoms. The third-order valence-corrected chi connectivity index (χ3v) is 7.17. The number of aliphatic hydroxyl groups is 1. The van der Waals surface area contributed by atoms with E-state index >= 15 is 0 Å². The highest BCUT2D eigenvalue weighted by Gasteiger charge is 2.96. The summed E-state index contributed by atoms with van der Waals surface area (Å²) in [6.45, 7) is 2.30. The largest absolute Gasteiger partial charge is 0.365 e. The van der Waals surface area contributed by atoms with Gasteiger partial charge < -0.3 is 9.84 Å². The molecule has 0 aromatic heterocycles. The molecule has 7 aliphatic rings. The summed E-state index contributed by atoms with van der Waals surface area (Å²) in [5.41, 5.74) is 0.0984. The summed E-state index contributed by atoms with van der Waals surface area (Å²) < 4.78 is 6.10.